The number of hydrogen-bond acceptors (Lipinski definition) is 7. The van der Waals surface area contributed by atoms with Gasteiger partial charge in [-0.05, 0) is 70.4 Å². The number of fused-ring (bicyclic) bond motifs is 1. The number of piperazine rings is 1. The lowest BCUT2D eigenvalue weighted by atomic mass is 9.92. The summed E-state index contributed by atoms with van der Waals surface area (Å²) in [4.78, 5) is 51.8. The number of nitrogens with two attached hydrogens (primary N) is 1. The van der Waals surface area contributed by atoms with Gasteiger partial charge in [0.05, 0.1) is 29.4 Å². The molecule has 3 aliphatic heterocycles. The van der Waals surface area contributed by atoms with Crippen molar-refractivity contribution in [2.24, 2.45) is 5.92 Å². The van der Waals surface area contributed by atoms with Crippen molar-refractivity contribution in [2.45, 2.75) is 44.4 Å². The standard InChI is InChI=1S/C32H35BrF3N7O3S/c33-26-15-20(14-25(29(26)37)32(34,35)36)13-21(30(45)42-11-9-40(10-12-42)23-1-5-38-6-2-23)16-28(44)41-7-3-24(4-8-41)43-17-22-18-47-19-27(22)39-31(43)46/h1-2,5-6,14-15,18-19,21,24H,3-4,7-13,16-17,37H2,(H,39,46)/t21-/m0/s1. The van der Waals surface area contributed by atoms with Gasteiger partial charge in [0.15, 0.2) is 0 Å². The van der Waals surface area contributed by atoms with Gasteiger partial charge in [-0.1, -0.05) is 0 Å². The molecule has 2 saturated heterocycles. The van der Waals surface area contributed by atoms with E-state index < -0.39 is 23.3 Å². The molecule has 2 aromatic heterocycles. The van der Waals surface area contributed by atoms with Crippen LogP contribution in [0.4, 0.5) is 35.0 Å². The van der Waals surface area contributed by atoms with E-state index in [9.17, 15) is 27.6 Å². The number of aromatic nitrogens is 1. The van der Waals surface area contributed by atoms with E-state index in [1.165, 1.54) is 17.4 Å². The van der Waals surface area contributed by atoms with Crippen molar-refractivity contribution in [3.05, 3.63) is 68.6 Å². The number of nitrogen functional groups attached to an aromatic ring is 1. The number of nitrogens with zero attached hydrogens (tertiary/aromatic N) is 5. The van der Waals surface area contributed by atoms with Crippen molar-refractivity contribution in [3.63, 3.8) is 0 Å². The maximum atomic E-state index is 14.0. The van der Waals surface area contributed by atoms with Gasteiger partial charge in [0.25, 0.3) is 0 Å². The number of carbonyl (C=O) groups excluding carboxylic acids is 3. The predicted molar refractivity (Wildman–Crippen MR) is 177 cm³/mol. The molecule has 4 amide bonds. The third kappa shape index (κ3) is 7.35. The van der Waals surface area contributed by atoms with E-state index in [0.717, 1.165) is 23.0 Å². The number of alkyl halides is 3. The van der Waals surface area contributed by atoms with E-state index >= 15 is 0 Å². The maximum Gasteiger partial charge on any atom is 0.418 e. The van der Waals surface area contributed by atoms with Crippen LogP contribution in [0.3, 0.4) is 0 Å². The van der Waals surface area contributed by atoms with Crippen LogP contribution in [0.2, 0.25) is 0 Å². The van der Waals surface area contributed by atoms with Crippen LogP contribution in [0.15, 0.2) is 51.9 Å². The first-order valence-corrected chi connectivity index (χ1v) is 17.2. The van der Waals surface area contributed by atoms with Gasteiger partial charge in [-0.15, -0.1) is 11.3 Å². The molecule has 1 aromatic carbocycles. The van der Waals surface area contributed by atoms with Crippen LogP contribution < -0.4 is 16.0 Å². The topological polar surface area (TPSA) is 115 Å². The number of piperidine rings is 1. The molecule has 2 fully saturated rings. The van der Waals surface area contributed by atoms with Crippen LogP contribution in [0.1, 0.15) is 36.0 Å². The van der Waals surface area contributed by atoms with Crippen molar-refractivity contribution in [1.82, 2.24) is 19.7 Å². The Bertz CT molecular complexity index is 1620. The Balaban J connectivity index is 1.15. The predicted octanol–water partition coefficient (Wildman–Crippen LogP) is 5.44. The highest BCUT2D eigenvalue weighted by Crippen LogP contribution is 2.39. The van der Waals surface area contributed by atoms with Gasteiger partial charge in [0.1, 0.15) is 0 Å². The lowest BCUT2D eigenvalue weighted by Crippen LogP contribution is -2.52. The molecule has 3 aromatic rings. The molecule has 1 atom stereocenters. The van der Waals surface area contributed by atoms with Gasteiger partial charge in [-0.2, -0.15) is 13.2 Å². The first-order chi connectivity index (χ1) is 22.5. The van der Waals surface area contributed by atoms with Crippen LogP contribution in [0, 0.1) is 5.92 Å². The number of rotatable bonds is 7. The number of pyridine rings is 1. The van der Waals surface area contributed by atoms with E-state index in [2.05, 4.69) is 31.1 Å². The first-order valence-electron chi connectivity index (χ1n) is 15.5. The van der Waals surface area contributed by atoms with Gasteiger partial charge in [0.2, 0.25) is 11.8 Å². The van der Waals surface area contributed by atoms with E-state index in [-0.39, 0.29) is 46.8 Å². The van der Waals surface area contributed by atoms with Crippen molar-refractivity contribution < 1.29 is 27.6 Å². The number of urea groups is 1. The Morgan fingerprint density at radius 2 is 1.74 bits per heavy atom. The van der Waals surface area contributed by atoms with Crippen molar-refractivity contribution >= 4 is 62.2 Å². The highest BCUT2D eigenvalue weighted by Gasteiger charge is 2.37. The second-order valence-electron chi connectivity index (χ2n) is 12.1. The van der Waals surface area contributed by atoms with Gasteiger partial charge in [-0.25, -0.2) is 4.79 Å². The third-order valence-electron chi connectivity index (χ3n) is 9.21. The number of hydrogen-bond donors (Lipinski definition) is 2. The Morgan fingerprint density at radius 3 is 2.43 bits per heavy atom. The summed E-state index contributed by atoms with van der Waals surface area (Å²) in [6.07, 6.45) is -0.274. The highest BCUT2D eigenvalue weighted by molar-refractivity contribution is 9.10. The maximum absolute atomic E-state index is 14.0. The summed E-state index contributed by atoms with van der Waals surface area (Å²) in [6, 6.07) is 6.08. The van der Waals surface area contributed by atoms with Crippen molar-refractivity contribution in [3.8, 4) is 0 Å². The molecule has 0 unspecified atom stereocenters. The molecule has 3 aliphatic rings. The van der Waals surface area contributed by atoms with Crippen molar-refractivity contribution in [2.75, 3.05) is 55.2 Å². The Kier molecular flexibility index (Phi) is 9.65. The summed E-state index contributed by atoms with van der Waals surface area (Å²) in [5, 5.41) is 6.87. The van der Waals surface area contributed by atoms with E-state index in [1.54, 1.807) is 22.2 Å². The fraction of sp³-hybridized carbons (Fsp3) is 0.438. The Hall–Kier alpha value is -3.85. The minimum absolute atomic E-state index is 0.0332. The minimum atomic E-state index is -4.68. The van der Waals surface area contributed by atoms with Crippen molar-refractivity contribution in [1.29, 1.82) is 0 Å². The molecular weight excluding hydrogens is 699 g/mol. The number of halogens is 4. The summed E-state index contributed by atoms with van der Waals surface area (Å²) in [7, 11) is 0. The average Bonchev–Trinajstić information content (AvgIpc) is 3.52. The summed E-state index contributed by atoms with van der Waals surface area (Å²) in [5.41, 5.74) is 7.50. The van der Waals surface area contributed by atoms with E-state index in [0.29, 0.717) is 58.7 Å². The number of thiophene rings is 1. The smallest absolute Gasteiger partial charge is 0.397 e. The first kappa shape index (κ1) is 33.1. The fourth-order valence-electron chi connectivity index (χ4n) is 6.62. The number of anilines is 3. The van der Waals surface area contributed by atoms with Crippen LogP contribution in [-0.2, 0) is 28.7 Å². The molecule has 15 heteroatoms. The molecule has 3 N–H and O–H groups in total. The van der Waals surface area contributed by atoms with Crippen LogP contribution in [0.25, 0.3) is 0 Å². The molecule has 10 nitrogen and oxygen atoms in total. The molecule has 250 valence electrons. The van der Waals surface area contributed by atoms with Crippen LogP contribution >= 0.6 is 27.3 Å². The Labute approximate surface area is 282 Å². The molecular formula is C32H35BrF3N7O3S. The number of benzene rings is 1. The second kappa shape index (κ2) is 13.7. The lowest BCUT2D eigenvalue weighted by Gasteiger charge is -2.40. The second-order valence-corrected chi connectivity index (χ2v) is 13.7. The normalized spacial score (nSPS) is 18.2. The van der Waals surface area contributed by atoms with Crippen LogP contribution in [-0.4, -0.2) is 82.8 Å². The summed E-state index contributed by atoms with van der Waals surface area (Å²) < 4.78 is 41.5. The molecule has 0 spiro atoms. The lowest BCUT2D eigenvalue weighted by molar-refractivity contribution is -0.142. The molecule has 0 radical (unpaired) electrons. The van der Waals surface area contributed by atoms with Crippen LogP contribution in [0.5, 0.6) is 0 Å². The Morgan fingerprint density at radius 1 is 1.04 bits per heavy atom. The third-order valence-corrected chi connectivity index (χ3v) is 10.7. The molecule has 47 heavy (non-hydrogen) atoms. The largest absolute Gasteiger partial charge is 0.418 e. The fourth-order valence-corrected chi connectivity index (χ4v) is 7.90. The zero-order valence-corrected chi connectivity index (χ0v) is 27.9. The molecule has 5 heterocycles. The van der Waals surface area contributed by atoms with Gasteiger partial charge < -0.3 is 30.7 Å². The van der Waals surface area contributed by atoms with Gasteiger partial charge in [-0.3, -0.25) is 14.6 Å². The molecule has 0 aliphatic carbocycles. The number of amides is 4. The summed E-state index contributed by atoms with van der Waals surface area (Å²) in [5.74, 6) is -1.36. The summed E-state index contributed by atoms with van der Waals surface area (Å²) in [6.45, 7) is 3.34. The number of likely N-dealkylation sites (tertiary alicyclic amines) is 1. The number of nitrogens with one attached hydrogen (secondary N) is 1. The average molecular weight is 735 g/mol. The molecule has 0 saturated carbocycles. The van der Waals surface area contributed by atoms with E-state index in [1.807, 2.05) is 27.8 Å². The highest BCUT2D eigenvalue weighted by atomic mass is 79.9. The SMILES string of the molecule is Nc1c(Br)cc(C[C@@H](CC(=O)N2CCC(N3Cc4cscc4NC3=O)CC2)C(=O)N2CCN(c3ccncc3)CC2)cc1C(F)(F)F. The molecule has 0 bridgehead atoms. The quantitative estimate of drug-likeness (QED) is 0.313. The minimum Gasteiger partial charge on any atom is -0.397 e. The van der Waals surface area contributed by atoms with Gasteiger partial charge in [0, 0.05) is 85.2 Å². The van der Waals surface area contributed by atoms with Gasteiger partial charge >= 0.3 is 12.2 Å². The molecule has 6 rings (SSSR count). The monoisotopic (exact) mass is 733 g/mol. The van der Waals surface area contributed by atoms with E-state index in [4.69, 9.17) is 5.73 Å². The zero-order chi connectivity index (χ0) is 33.3. The summed E-state index contributed by atoms with van der Waals surface area (Å²) >= 11 is 4.68. The number of carbonyl (C=O) groups is 3. The zero-order valence-electron chi connectivity index (χ0n) is 25.5.